The molecule has 1 unspecified atom stereocenters. The topological polar surface area (TPSA) is 118 Å². The molecule has 236 valence electrons. The minimum absolute atomic E-state index is 0.102. The van der Waals surface area contributed by atoms with Crippen molar-refractivity contribution < 1.29 is 17.9 Å². The highest BCUT2D eigenvalue weighted by Crippen LogP contribution is 2.34. The Morgan fingerprint density at radius 2 is 1.82 bits per heavy atom. The molecule has 4 aromatic rings. The van der Waals surface area contributed by atoms with Crippen LogP contribution in [-0.4, -0.2) is 67.6 Å². The van der Waals surface area contributed by atoms with Gasteiger partial charge in [0.2, 0.25) is 10.0 Å². The maximum Gasteiger partial charge on any atom is 0.306 e. The van der Waals surface area contributed by atoms with E-state index in [4.69, 9.17) is 4.74 Å². The number of ether oxygens (including phenoxy) is 1. The third-order valence-electron chi connectivity index (χ3n) is 8.28. The number of carbonyl (C=O) groups is 1. The van der Waals surface area contributed by atoms with Crippen molar-refractivity contribution in [2.75, 3.05) is 38.6 Å². The number of aromatic nitrogens is 3. The van der Waals surface area contributed by atoms with E-state index in [2.05, 4.69) is 39.1 Å². The monoisotopic (exact) mass is 620 g/mol. The number of hydrogen-bond acceptors (Lipinski definition) is 8. The summed E-state index contributed by atoms with van der Waals surface area (Å²) in [5, 5.41) is 11.5. The molecule has 0 aliphatic rings. The predicted octanol–water partition coefficient (Wildman–Crippen LogP) is 4.90. The molecule has 0 saturated heterocycles. The maximum absolute atomic E-state index is 13.2. The van der Waals surface area contributed by atoms with Gasteiger partial charge in [0.05, 0.1) is 24.2 Å². The fourth-order valence-corrected chi connectivity index (χ4v) is 6.75. The highest BCUT2D eigenvalue weighted by Gasteiger charge is 2.24. The smallest absolute Gasteiger partial charge is 0.306 e. The van der Waals surface area contributed by atoms with E-state index in [1.54, 1.807) is 36.0 Å². The lowest BCUT2D eigenvalue weighted by molar-refractivity contribution is -0.144. The van der Waals surface area contributed by atoms with Crippen LogP contribution >= 0.6 is 0 Å². The predicted molar refractivity (Wildman–Crippen MR) is 174 cm³/mol. The summed E-state index contributed by atoms with van der Waals surface area (Å²) in [4.78, 5) is 15.7. The summed E-state index contributed by atoms with van der Waals surface area (Å²) in [7, 11) is -0.238. The summed E-state index contributed by atoms with van der Waals surface area (Å²) in [5.41, 5.74) is 6.78. The molecule has 1 aromatic heterocycles. The van der Waals surface area contributed by atoms with Crippen molar-refractivity contribution in [1.29, 1.82) is 0 Å². The first-order chi connectivity index (χ1) is 21.1. The molecular formula is C33H44N6O4S. The first-order valence-electron chi connectivity index (χ1n) is 15.1. The number of rotatable bonds is 15. The van der Waals surface area contributed by atoms with Gasteiger partial charge in [-0.15, -0.1) is 5.10 Å². The number of sulfonamides is 1. The van der Waals surface area contributed by atoms with Gasteiger partial charge in [0.1, 0.15) is 10.4 Å². The van der Waals surface area contributed by atoms with Gasteiger partial charge in [0, 0.05) is 33.1 Å². The van der Waals surface area contributed by atoms with Gasteiger partial charge >= 0.3 is 5.97 Å². The maximum atomic E-state index is 13.2. The Balaban J connectivity index is 1.62. The summed E-state index contributed by atoms with van der Waals surface area (Å²) < 4.78 is 36.7. The van der Waals surface area contributed by atoms with Crippen LogP contribution < -0.4 is 10.0 Å². The third kappa shape index (κ3) is 7.64. The average Bonchev–Trinajstić information content (AvgIpc) is 3.41. The lowest BCUT2D eigenvalue weighted by Gasteiger charge is -2.22. The van der Waals surface area contributed by atoms with Crippen molar-refractivity contribution in [3.8, 4) is 0 Å². The Morgan fingerprint density at radius 1 is 1.07 bits per heavy atom. The minimum Gasteiger partial charge on any atom is -0.466 e. The number of hydrogen-bond donors (Lipinski definition) is 2. The standard InChI is InChI=1S/C33H44N6O4S/c1-7-39(8-2)18-11-19-43-32(40)21-28(27-16-17-30-33(24(27)4)36-37-38(30)6)25-15-14-23(3)26(20-25)22-35-44(41,42)31-13-10-9-12-29(31)34-5/h9-10,12-17,20,28,34-35H,7-8,11,18-19,21-22H2,1-6H3. The molecule has 0 spiro atoms. The van der Waals surface area contributed by atoms with E-state index >= 15 is 0 Å². The molecule has 1 heterocycles. The van der Waals surface area contributed by atoms with Crippen LogP contribution in [0.3, 0.4) is 0 Å². The molecule has 4 rings (SSSR count). The molecule has 0 radical (unpaired) electrons. The SMILES string of the molecule is CCN(CC)CCCOC(=O)CC(c1ccc(C)c(CNS(=O)(=O)c2ccccc2NC)c1)c1ccc2c(nnn2C)c1C. The van der Waals surface area contributed by atoms with Gasteiger partial charge in [0.25, 0.3) is 0 Å². The highest BCUT2D eigenvalue weighted by molar-refractivity contribution is 7.89. The second kappa shape index (κ2) is 14.8. The molecule has 0 aliphatic heterocycles. The van der Waals surface area contributed by atoms with E-state index in [0.29, 0.717) is 12.3 Å². The first kappa shape index (κ1) is 33.1. The Kier molecular flexibility index (Phi) is 11.1. The molecule has 3 aromatic carbocycles. The zero-order valence-corrected chi connectivity index (χ0v) is 27.4. The van der Waals surface area contributed by atoms with Crippen molar-refractivity contribution in [3.05, 3.63) is 82.4 Å². The second-order valence-electron chi connectivity index (χ2n) is 11.0. The van der Waals surface area contributed by atoms with Crippen LogP contribution in [0.25, 0.3) is 11.0 Å². The van der Waals surface area contributed by atoms with Gasteiger partial charge < -0.3 is 15.0 Å². The number of anilines is 1. The largest absolute Gasteiger partial charge is 0.466 e. The quantitative estimate of drug-likeness (QED) is 0.142. The zero-order chi connectivity index (χ0) is 31.9. The van der Waals surface area contributed by atoms with Crippen LogP contribution in [0.2, 0.25) is 0 Å². The summed E-state index contributed by atoms with van der Waals surface area (Å²) in [6.45, 7) is 11.5. The normalized spacial score (nSPS) is 12.5. The summed E-state index contributed by atoms with van der Waals surface area (Å²) in [6, 6.07) is 16.7. The van der Waals surface area contributed by atoms with Crippen LogP contribution in [-0.2, 0) is 33.1 Å². The molecule has 11 heteroatoms. The Labute approximate surface area is 260 Å². The number of nitrogens with one attached hydrogen (secondary N) is 2. The number of nitrogens with zero attached hydrogens (tertiary/aromatic N) is 4. The van der Waals surface area contributed by atoms with Gasteiger partial charge in [-0.3, -0.25) is 4.79 Å². The van der Waals surface area contributed by atoms with Crippen LogP contribution in [0.1, 0.15) is 60.4 Å². The van der Waals surface area contributed by atoms with Gasteiger partial charge in [-0.25, -0.2) is 17.8 Å². The van der Waals surface area contributed by atoms with Gasteiger partial charge in [-0.1, -0.05) is 55.5 Å². The molecule has 0 saturated carbocycles. The molecule has 0 fully saturated rings. The summed E-state index contributed by atoms with van der Waals surface area (Å²) >= 11 is 0. The van der Waals surface area contributed by atoms with Crippen molar-refractivity contribution in [2.24, 2.45) is 7.05 Å². The number of esters is 1. The lowest BCUT2D eigenvalue weighted by atomic mass is 9.84. The molecule has 0 amide bonds. The highest BCUT2D eigenvalue weighted by atomic mass is 32.2. The Hall–Kier alpha value is -3.80. The van der Waals surface area contributed by atoms with Crippen molar-refractivity contribution in [1.82, 2.24) is 24.6 Å². The summed E-state index contributed by atoms with van der Waals surface area (Å²) in [6.07, 6.45) is 0.913. The molecule has 2 N–H and O–H groups in total. The van der Waals surface area contributed by atoms with E-state index in [1.165, 1.54) is 0 Å². The van der Waals surface area contributed by atoms with Gasteiger partial charge in [0.15, 0.2) is 0 Å². The van der Waals surface area contributed by atoms with E-state index in [-0.39, 0.29) is 29.7 Å². The van der Waals surface area contributed by atoms with E-state index < -0.39 is 10.0 Å². The number of carbonyl (C=O) groups excluding carboxylic acids is 1. The fraction of sp³-hybridized carbons (Fsp3) is 0.424. The second-order valence-corrected chi connectivity index (χ2v) is 12.7. The molecule has 10 nitrogen and oxygen atoms in total. The van der Waals surface area contributed by atoms with Crippen LogP contribution in [0.15, 0.2) is 59.5 Å². The van der Waals surface area contributed by atoms with Crippen LogP contribution in [0, 0.1) is 13.8 Å². The fourth-order valence-electron chi connectivity index (χ4n) is 5.53. The van der Waals surface area contributed by atoms with Crippen molar-refractivity contribution in [3.63, 3.8) is 0 Å². The van der Waals surface area contributed by atoms with Crippen LogP contribution in [0.5, 0.6) is 0 Å². The van der Waals surface area contributed by atoms with Gasteiger partial charge in [-0.05, 0) is 79.4 Å². The number of para-hydroxylation sites is 1. The van der Waals surface area contributed by atoms with Crippen molar-refractivity contribution >= 4 is 32.7 Å². The van der Waals surface area contributed by atoms with Gasteiger partial charge in [-0.2, -0.15) is 0 Å². The minimum atomic E-state index is -3.78. The molecular weight excluding hydrogens is 576 g/mol. The van der Waals surface area contributed by atoms with Crippen molar-refractivity contribution in [2.45, 2.75) is 57.9 Å². The molecule has 0 aliphatic carbocycles. The zero-order valence-electron chi connectivity index (χ0n) is 26.6. The average molecular weight is 621 g/mol. The number of aryl methyl sites for hydroxylation is 3. The first-order valence-corrected chi connectivity index (χ1v) is 16.6. The number of fused-ring (bicyclic) bond motifs is 1. The molecule has 0 bridgehead atoms. The lowest BCUT2D eigenvalue weighted by Crippen LogP contribution is -2.25. The Morgan fingerprint density at radius 3 is 2.55 bits per heavy atom. The van der Waals surface area contributed by atoms with E-state index in [1.807, 2.05) is 51.2 Å². The van der Waals surface area contributed by atoms with Crippen LogP contribution in [0.4, 0.5) is 5.69 Å². The molecule has 1 atom stereocenters. The number of benzene rings is 3. The van der Waals surface area contributed by atoms with E-state index in [9.17, 15) is 13.2 Å². The molecule has 44 heavy (non-hydrogen) atoms. The third-order valence-corrected chi connectivity index (χ3v) is 9.74. The Bertz CT molecular complexity index is 1700. The van der Waals surface area contributed by atoms with E-state index in [0.717, 1.165) is 64.9 Å². The summed E-state index contributed by atoms with van der Waals surface area (Å²) in [5.74, 6) is -0.600.